The van der Waals surface area contributed by atoms with Crippen LogP contribution in [0.4, 0.5) is 5.69 Å². The monoisotopic (exact) mass is 439 g/mol. The molecular weight excluding hydrogens is 418 g/mol. The van der Waals surface area contributed by atoms with Crippen molar-refractivity contribution >= 4 is 35.3 Å². The number of hydrogen-bond donors (Lipinski definition) is 2. The van der Waals surface area contributed by atoms with Crippen molar-refractivity contribution in [3.63, 3.8) is 0 Å². The smallest absolute Gasteiger partial charge is 0.240 e. The van der Waals surface area contributed by atoms with Gasteiger partial charge in [0.1, 0.15) is 10.9 Å². The molecule has 0 aliphatic rings. The molecule has 0 bridgehead atoms. The van der Waals surface area contributed by atoms with Gasteiger partial charge in [0.2, 0.25) is 11.8 Å². The largest absolute Gasteiger partial charge is 0.497 e. The molecule has 8 nitrogen and oxygen atoms in total. The predicted molar refractivity (Wildman–Crippen MR) is 120 cm³/mol. The van der Waals surface area contributed by atoms with Gasteiger partial charge in [0.15, 0.2) is 0 Å². The number of nitrogens with zero attached hydrogens (tertiary/aromatic N) is 3. The minimum absolute atomic E-state index is 0.00464. The summed E-state index contributed by atoms with van der Waals surface area (Å²) in [5.41, 5.74) is 5.13. The number of carbonyl (C=O) groups is 2. The van der Waals surface area contributed by atoms with Gasteiger partial charge in [-0.25, -0.2) is 10.1 Å². The number of anilines is 1. The third-order valence-corrected chi connectivity index (χ3v) is 4.75. The van der Waals surface area contributed by atoms with E-state index in [2.05, 4.69) is 20.9 Å². The Morgan fingerprint density at radius 3 is 2.45 bits per heavy atom. The topological polar surface area (TPSA) is 97.6 Å². The first-order chi connectivity index (χ1) is 15.0. The van der Waals surface area contributed by atoms with Crippen LogP contribution in [0.25, 0.3) is 5.69 Å². The maximum Gasteiger partial charge on any atom is 0.240 e. The minimum atomic E-state index is -0.384. The molecule has 3 aromatic rings. The second-order valence-electron chi connectivity index (χ2n) is 6.61. The number of para-hydroxylation sites is 1. The van der Waals surface area contributed by atoms with Crippen molar-refractivity contribution in [1.82, 2.24) is 15.2 Å². The number of carbonyl (C=O) groups excluding carboxylic acids is 2. The molecule has 0 saturated carbocycles. The lowest BCUT2D eigenvalue weighted by Crippen LogP contribution is -2.20. The van der Waals surface area contributed by atoms with E-state index in [1.165, 1.54) is 6.21 Å². The van der Waals surface area contributed by atoms with E-state index in [1.54, 1.807) is 43.0 Å². The Hall–Kier alpha value is -3.65. The predicted octanol–water partition coefficient (Wildman–Crippen LogP) is 3.71. The zero-order valence-electron chi connectivity index (χ0n) is 17.1. The molecule has 31 heavy (non-hydrogen) atoms. The lowest BCUT2D eigenvalue weighted by molar-refractivity contribution is -0.124. The average Bonchev–Trinajstić information content (AvgIpc) is 3.07. The first-order valence-corrected chi connectivity index (χ1v) is 9.92. The number of ether oxygens (including phenoxy) is 1. The summed E-state index contributed by atoms with van der Waals surface area (Å²) in [7, 11) is 1.57. The van der Waals surface area contributed by atoms with E-state index in [4.69, 9.17) is 16.3 Å². The summed E-state index contributed by atoms with van der Waals surface area (Å²) >= 11 is 6.41. The maximum absolute atomic E-state index is 12.0. The Balaban J connectivity index is 1.50. The van der Waals surface area contributed by atoms with Crippen LogP contribution in [0.5, 0.6) is 5.75 Å². The van der Waals surface area contributed by atoms with Gasteiger partial charge in [0.25, 0.3) is 0 Å². The molecule has 1 aromatic heterocycles. The number of methoxy groups -OCH3 is 1. The van der Waals surface area contributed by atoms with E-state index >= 15 is 0 Å². The van der Waals surface area contributed by atoms with Crippen LogP contribution in [0.3, 0.4) is 0 Å². The highest BCUT2D eigenvalue weighted by molar-refractivity contribution is 6.32. The van der Waals surface area contributed by atoms with Gasteiger partial charge in [-0.1, -0.05) is 29.8 Å². The summed E-state index contributed by atoms with van der Waals surface area (Å²) in [5, 5.41) is 11.5. The highest BCUT2D eigenvalue weighted by Gasteiger charge is 2.13. The first-order valence-electron chi connectivity index (χ1n) is 9.54. The maximum atomic E-state index is 12.0. The van der Waals surface area contributed by atoms with E-state index < -0.39 is 0 Å². The third kappa shape index (κ3) is 5.93. The van der Waals surface area contributed by atoms with E-state index in [-0.39, 0.29) is 24.7 Å². The average molecular weight is 440 g/mol. The van der Waals surface area contributed by atoms with Gasteiger partial charge in [0, 0.05) is 18.5 Å². The Bertz CT molecular complexity index is 1080. The van der Waals surface area contributed by atoms with Gasteiger partial charge in [0.05, 0.1) is 30.3 Å². The van der Waals surface area contributed by atoms with E-state index in [9.17, 15) is 9.59 Å². The molecule has 0 spiro atoms. The summed E-state index contributed by atoms with van der Waals surface area (Å²) in [6.07, 6.45) is 1.47. The Labute approximate surface area is 184 Å². The van der Waals surface area contributed by atoms with E-state index in [0.29, 0.717) is 27.8 Å². The fourth-order valence-electron chi connectivity index (χ4n) is 2.75. The van der Waals surface area contributed by atoms with Crippen LogP contribution in [0, 0.1) is 6.92 Å². The SMILES string of the molecule is COc1ccc(NC(=O)CCC(=O)N/N=C\c2c(C)nn(-c3ccccc3)c2Cl)cc1. The number of benzene rings is 2. The molecule has 160 valence electrons. The van der Waals surface area contributed by atoms with Crippen molar-refractivity contribution in [2.75, 3.05) is 12.4 Å². The van der Waals surface area contributed by atoms with Gasteiger partial charge in [-0.2, -0.15) is 10.2 Å². The van der Waals surface area contributed by atoms with Crippen LogP contribution in [-0.4, -0.2) is 34.9 Å². The molecular formula is C22H22ClN5O3. The number of nitrogens with one attached hydrogen (secondary N) is 2. The fraction of sp³-hybridized carbons (Fsp3) is 0.182. The second-order valence-corrected chi connectivity index (χ2v) is 6.97. The van der Waals surface area contributed by atoms with Crippen LogP contribution in [0.2, 0.25) is 5.15 Å². The van der Waals surface area contributed by atoms with Crippen molar-refractivity contribution in [2.24, 2.45) is 5.10 Å². The van der Waals surface area contributed by atoms with Crippen molar-refractivity contribution in [3.8, 4) is 11.4 Å². The molecule has 0 fully saturated rings. The summed E-state index contributed by atoms with van der Waals surface area (Å²) in [6, 6.07) is 16.4. The Kier molecular flexibility index (Phi) is 7.40. The van der Waals surface area contributed by atoms with Crippen LogP contribution in [0.1, 0.15) is 24.1 Å². The van der Waals surface area contributed by atoms with Crippen molar-refractivity contribution in [1.29, 1.82) is 0 Å². The Morgan fingerprint density at radius 1 is 1.10 bits per heavy atom. The normalized spacial score (nSPS) is 10.8. The minimum Gasteiger partial charge on any atom is -0.497 e. The van der Waals surface area contributed by atoms with Crippen LogP contribution in [-0.2, 0) is 9.59 Å². The summed E-state index contributed by atoms with van der Waals surface area (Å²) in [5.74, 6) is 0.0394. The lowest BCUT2D eigenvalue weighted by atomic mass is 10.2. The zero-order valence-corrected chi connectivity index (χ0v) is 17.9. The van der Waals surface area contributed by atoms with Gasteiger partial charge in [-0.15, -0.1) is 0 Å². The summed E-state index contributed by atoms with van der Waals surface area (Å²) < 4.78 is 6.67. The highest BCUT2D eigenvalue weighted by atomic mass is 35.5. The van der Waals surface area contributed by atoms with Crippen molar-refractivity contribution in [2.45, 2.75) is 19.8 Å². The summed E-state index contributed by atoms with van der Waals surface area (Å²) in [4.78, 5) is 24.0. The molecule has 0 unspecified atom stereocenters. The highest BCUT2D eigenvalue weighted by Crippen LogP contribution is 2.21. The van der Waals surface area contributed by atoms with Crippen LogP contribution < -0.4 is 15.5 Å². The molecule has 2 N–H and O–H groups in total. The fourth-order valence-corrected chi connectivity index (χ4v) is 3.07. The standard InChI is InChI=1S/C22H22ClN5O3/c1-15-19(22(23)28(27-15)17-6-4-3-5-7-17)14-24-26-21(30)13-12-20(29)25-16-8-10-18(31-2)11-9-16/h3-11,14H,12-13H2,1-2H3,(H,25,29)(H,26,30)/b24-14-. The van der Waals surface area contributed by atoms with Gasteiger partial charge < -0.3 is 10.1 Å². The molecule has 0 atom stereocenters. The number of hydrazone groups is 1. The molecule has 3 rings (SSSR count). The number of aromatic nitrogens is 2. The lowest BCUT2D eigenvalue weighted by Gasteiger charge is -2.06. The number of halogens is 1. The van der Waals surface area contributed by atoms with Crippen LogP contribution >= 0.6 is 11.6 Å². The number of amides is 2. The summed E-state index contributed by atoms with van der Waals surface area (Å²) in [6.45, 7) is 1.80. The number of rotatable bonds is 8. The molecule has 1 heterocycles. The second kappa shape index (κ2) is 10.4. The van der Waals surface area contributed by atoms with Crippen LogP contribution in [0.15, 0.2) is 59.7 Å². The quantitative estimate of drug-likeness (QED) is 0.413. The van der Waals surface area contributed by atoms with Gasteiger partial charge >= 0.3 is 0 Å². The Morgan fingerprint density at radius 2 is 1.77 bits per heavy atom. The first kappa shape index (κ1) is 22.0. The van der Waals surface area contributed by atoms with Crippen molar-refractivity contribution in [3.05, 3.63) is 71.0 Å². The molecule has 2 amide bonds. The molecule has 0 aliphatic heterocycles. The molecule has 2 aromatic carbocycles. The van der Waals surface area contributed by atoms with Crippen molar-refractivity contribution < 1.29 is 14.3 Å². The molecule has 0 radical (unpaired) electrons. The number of aryl methyl sites for hydroxylation is 1. The molecule has 0 aliphatic carbocycles. The van der Waals surface area contributed by atoms with E-state index in [1.807, 2.05) is 30.3 Å². The molecule has 0 saturated heterocycles. The third-order valence-electron chi connectivity index (χ3n) is 4.38. The number of hydrogen-bond acceptors (Lipinski definition) is 5. The van der Waals surface area contributed by atoms with E-state index in [0.717, 1.165) is 5.69 Å². The zero-order chi connectivity index (χ0) is 22.2. The van der Waals surface area contributed by atoms with Gasteiger partial charge in [-0.3, -0.25) is 9.59 Å². The van der Waals surface area contributed by atoms with Gasteiger partial charge in [-0.05, 0) is 43.3 Å². The molecule has 9 heteroatoms.